The van der Waals surface area contributed by atoms with Crippen LogP contribution in [-0.2, 0) is 16.1 Å². The minimum Gasteiger partial charge on any atom is -0.383 e. The van der Waals surface area contributed by atoms with E-state index in [1.165, 1.54) is 17.5 Å². The largest absolute Gasteiger partial charge is 0.383 e. The summed E-state index contributed by atoms with van der Waals surface area (Å²) >= 11 is 1.43. The van der Waals surface area contributed by atoms with Crippen molar-refractivity contribution < 1.29 is 23.1 Å². The molecule has 11 nitrogen and oxygen atoms in total. The van der Waals surface area contributed by atoms with Crippen LogP contribution in [0.15, 0.2) is 48.3 Å². The monoisotopic (exact) mass is 560 g/mol. The number of dihydropyridines is 1. The average Bonchev–Trinajstić information content (AvgIpc) is 3.67. The molecule has 14 heteroatoms. The number of likely N-dealkylation sites (tertiary alicyclic amines) is 1. The van der Waals surface area contributed by atoms with Gasteiger partial charge >= 0.3 is 0 Å². The molecule has 2 aliphatic heterocycles. The number of halogens is 2. The number of methoxy groups -OCH3 is 1. The van der Waals surface area contributed by atoms with Crippen molar-refractivity contribution in [3.05, 3.63) is 53.9 Å². The summed E-state index contributed by atoms with van der Waals surface area (Å²) in [5.41, 5.74) is 2.19. The molecular weight excluding hydrogens is 530 g/mol. The lowest BCUT2D eigenvalue weighted by Crippen LogP contribution is -2.40. The molecule has 3 aromatic heterocycles. The van der Waals surface area contributed by atoms with Crippen LogP contribution in [0.2, 0.25) is 0 Å². The van der Waals surface area contributed by atoms with E-state index in [4.69, 9.17) is 4.74 Å². The van der Waals surface area contributed by atoms with Crippen LogP contribution < -0.4 is 16.0 Å². The molecule has 0 aromatic carbocycles. The molecule has 1 saturated heterocycles. The molecular formula is C25H30F2N8O3S. The summed E-state index contributed by atoms with van der Waals surface area (Å²) in [7, 11) is 1.64. The molecule has 3 N–H and O–H groups in total. The molecule has 5 rings (SSSR count). The highest BCUT2D eigenvalue weighted by Crippen LogP contribution is 2.30. The van der Waals surface area contributed by atoms with Gasteiger partial charge in [-0.25, -0.2) is 13.3 Å². The summed E-state index contributed by atoms with van der Waals surface area (Å²) < 4.78 is 35.3. The third kappa shape index (κ3) is 6.18. The fraction of sp³-hybridized carbons (Fsp3) is 0.440. The topological polar surface area (TPSA) is 118 Å². The molecule has 1 fully saturated rings. The molecule has 0 spiro atoms. The zero-order valence-electron chi connectivity index (χ0n) is 21.6. The van der Waals surface area contributed by atoms with E-state index in [1.807, 2.05) is 19.3 Å². The first-order chi connectivity index (χ1) is 18.7. The lowest BCUT2D eigenvalue weighted by molar-refractivity contribution is -0.117. The first-order valence-corrected chi connectivity index (χ1v) is 13.4. The number of amides is 2. The van der Waals surface area contributed by atoms with Crippen molar-refractivity contribution in [1.29, 1.82) is 0 Å². The van der Waals surface area contributed by atoms with Gasteiger partial charge in [0.25, 0.3) is 17.7 Å². The average molecular weight is 561 g/mol. The Kier molecular flexibility index (Phi) is 7.77. The molecule has 0 radical (unpaired) electrons. The number of nitrogens with one attached hydrogen (secondary N) is 3. The first kappa shape index (κ1) is 27.0. The van der Waals surface area contributed by atoms with E-state index in [0.29, 0.717) is 47.9 Å². The van der Waals surface area contributed by atoms with Gasteiger partial charge in [-0.05, 0) is 13.0 Å². The van der Waals surface area contributed by atoms with Gasteiger partial charge in [0.15, 0.2) is 0 Å². The van der Waals surface area contributed by atoms with Gasteiger partial charge in [0.1, 0.15) is 4.83 Å². The Morgan fingerprint density at radius 3 is 2.85 bits per heavy atom. The second kappa shape index (κ2) is 11.2. The van der Waals surface area contributed by atoms with Crippen molar-refractivity contribution in [2.45, 2.75) is 31.9 Å². The SMILES string of the molecule is COCCn1cc(-c2cn3ncc(C(=O)NC4=CC(C(=O)NCCN5CCC(F)(F)C5)=CNC4C)c3s2)cn1. The second-order valence-corrected chi connectivity index (χ2v) is 10.6. The van der Waals surface area contributed by atoms with Crippen molar-refractivity contribution in [2.24, 2.45) is 0 Å². The summed E-state index contributed by atoms with van der Waals surface area (Å²) in [6.45, 7) is 3.68. The van der Waals surface area contributed by atoms with E-state index in [2.05, 4.69) is 26.1 Å². The van der Waals surface area contributed by atoms with Crippen molar-refractivity contribution in [3.8, 4) is 10.4 Å². The van der Waals surface area contributed by atoms with Gasteiger partial charge in [-0.2, -0.15) is 10.2 Å². The Balaban J connectivity index is 1.22. The van der Waals surface area contributed by atoms with Gasteiger partial charge < -0.3 is 20.7 Å². The third-order valence-electron chi connectivity index (χ3n) is 6.63. The smallest absolute Gasteiger partial charge is 0.261 e. The van der Waals surface area contributed by atoms with E-state index in [1.54, 1.807) is 39.7 Å². The Hall–Kier alpha value is -3.62. The highest BCUT2D eigenvalue weighted by molar-refractivity contribution is 7.21. The summed E-state index contributed by atoms with van der Waals surface area (Å²) in [6.07, 6.45) is 10.1. The highest BCUT2D eigenvalue weighted by Gasteiger charge is 2.37. The fourth-order valence-corrected chi connectivity index (χ4v) is 5.45. The molecule has 0 bridgehead atoms. The van der Waals surface area contributed by atoms with Crippen molar-refractivity contribution in [1.82, 2.24) is 40.2 Å². The van der Waals surface area contributed by atoms with Crippen LogP contribution in [0, 0.1) is 0 Å². The zero-order chi connectivity index (χ0) is 27.6. The van der Waals surface area contributed by atoms with Crippen molar-refractivity contribution in [3.63, 3.8) is 0 Å². The van der Waals surface area contributed by atoms with Crippen LogP contribution >= 0.6 is 11.3 Å². The van der Waals surface area contributed by atoms with E-state index in [9.17, 15) is 18.4 Å². The predicted octanol–water partition coefficient (Wildman–Crippen LogP) is 1.85. The van der Waals surface area contributed by atoms with E-state index >= 15 is 0 Å². The number of ether oxygens (including phenoxy) is 1. The first-order valence-electron chi connectivity index (χ1n) is 12.6. The summed E-state index contributed by atoms with van der Waals surface area (Å²) in [5, 5.41) is 17.4. The molecule has 0 saturated carbocycles. The number of carbonyl (C=O) groups is 2. The molecule has 2 aliphatic rings. The Morgan fingerprint density at radius 1 is 1.23 bits per heavy atom. The minimum absolute atomic E-state index is 0.157. The Labute approximate surface area is 227 Å². The summed E-state index contributed by atoms with van der Waals surface area (Å²) in [6, 6.07) is -0.236. The van der Waals surface area contributed by atoms with E-state index < -0.39 is 5.92 Å². The van der Waals surface area contributed by atoms with Crippen LogP contribution in [-0.4, -0.2) is 88.0 Å². The van der Waals surface area contributed by atoms with Crippen LogP contribution in [0.25, 0.3) is 15.3 Å². The molecule has 2 amide bonds. The number of hydrogen-bond acceptors (Lipinski definition) is 8. The molecule has 3 aromatic rings. The number of alkyl halides is 2. The van der Waals surface area contributed by atoms with Crippen LogP contribution in [0.3, 0.4) is 0 Å². The quantitative estimate of drug-likeness (QED) is 0.347. The van der Waals surface area contributed by atoms with Crippen LogP contribution in [0.5, 0.6) is 0 Å². The number of aromatic nitrogens is 4. The number of fused-ring (bicyclic) bond motifs is 1. The van der Waals surface area contributed by atoms with Crippen LogP contribution in [0.4, 0.5) is 8.78 Å². The van der Waals surface area contributed by atoms with E-state index in [-0.39, 0.29) is 37.4 Å². The molecule has 1 atom stereocenters. The Morgan fingerprint density at radius 2 is 2.08 bits per heavy atom. The number of carbonyl (C=O) groups excluding carboxylic acids is 2. The van der Waals surface area contributed by atoms with Gasteiger partial charge in [0.05, 0.1) is 54.1 Å². The normalized spacial score (nSPS) is 19.0. The predicted molar refractivity (Wildman–Crippen MR) is 141 cm³/mol. The molecule has 0 aliphatic carbocycles. The van der Waals surface area contributed by atoms with Crippen molar-refractivity contribution >= 4 is 28.0 Å². The summed E-state index contributed by atoms with van der Waals surface area (Å²) in [5.74, 6) is -3.36. The van der Waals surface area contributed by atoms with Gasteiger partial charge in [-0.3, -0.25) is 19.2 Å². The minimum atomic E-state index is -2.66. The molecule has 5 heterocycles. The standard InChI is InChI=1S/C25H30F2N8O3S/c1-16-20(9-17(10-29-16)22(36)28-4-6-33-5-3-25(26,27)15-33)32-23(37)19-12-31-35-14-21(39-24(19)35)18-11-30-34(13-18)7-8-38-2/h9-14,16,29H,3-8,15H2,1-2H3,(H,28,36)(H,32,37). The van der Waals surface area contributed by atoms with E-state index in [0.717, 1.165) is 10.4 Å². The number of nitrogens with zero attached hydrogens (tertiary/aromatic N) is 5. The number of hydrogen-bond donors (Lipinski definition) is 3. The maximum absolute atomic E-state index is 13.4. The second-order valence-electron chi connectivity index (χ2n) is 9.57. The van der Waals surface area contributed by atoms with Crippen LogP contribution in [0.1, 0.15) is 23.7 Å². The van der Waals surface area contributed by atoms with Gasteiger partial charge in [-0.15, -0.1) is 11.3 Å². The van der Waals surface area contributed by atoms with Gasteiger partial charge in [0, 0.05) is 63.0 Å². The lowest BCUT2D eigenvalue weighted by atomic mass is 10.1. The lowest BCUT2D eigenvalue weighted by Gasteiger charge is -2.23. The van der Waals surface area contributed by atoms with Crippen molar-refractivity contribution in [2.75, 3.05) is 39.9 Å². The zero-order valence-corrected chi connectivity index (χ0v) is 22.4. The molecule has 208 valence electrons. The fourth-order valence-electron chi connectivity index (χ4n) is 4.41. The Bertz CT molecular complexity index is 1430. The summed E-state index contributed by atoms with van der Waals surface area (Å²) in [4.78, 5) is 29.1. The maximum Gasteiger partial charge on any atom is 0.261 e. The molecule has 39 heavy (non-hydrogen) atoms. The number of thiazole rings is 1. The highest BCUT2D eigenvalue weighted by atomic mass is 32.1. The van der Waals surface area contributed by atoms with Gasteiger partial charge in [-0.1, -0.05) is 0 Å². The molecule has 1 unspecified atom stereocenters. The maximum atomic E-state index is 13.4. The van der Waals surface area contributed by atoms with Gasteiger partial charge in [0.2, 0.25) is 0 Å². The third-order valence-corrected chi connectivity index (χ3v) is 7.79. The number of rotatable bonds is 10.